The zero-order valence-electron chi connectivity index (χ0n) is 14.9. The molecular formula is C19H13F3N4O3. The van der Waals surface area contributed by atoms with E-state index in [0.29, 0.717) is 15.8 Å². The van der Waals surface area contributed by atoms with Crippen LogP contribution in [0.5, 0.6) is 5.75 Å². The van der Waals surface area contributed by atoms with Gasteiger partial charge >= 0.3 is 12.1 Å². The fraction of sp³-hybridized carbons (Fsp3) is 0.105. The maximum Gasteiger partial charge on any atom is 0.493 e. The van der Waals surface area contributed by atoms with E-state index >= 15 is 0 Å². The molecule has 0 saturated heterocycles. The fourth-order valence-electron chi connectivity index (χ4n) is 2.80. The van der Waals surface area contributed by atoms with Crippen LogP contribution in [0, 0.1) is 0 Å². The summed E-state index contributed by atoms with van der Waals surface area (Å²) in [6.07, 6.45) is 0.914. The average molecular weight is 402 g/mol. The Kier molecular flexibility index (Phi) is 4.45. The number of alkyl halides is 3. The van der Waals surface area contributed by atoms with E-state index in [1.807, 2.05) is 24.3 Å². The molecule has 148 valence electrons. The van der Waals surface area contributed by atoms with Gasteiger partial charge in [0.25, 0.3) is 0 Å². The Morgan fingerprint density at radius 3 is 2.52 bits per heavy atom. The molecule has 0 atom stereocenters. The van der Waals surface area contributed by atoms with Crippen LogP contribution in [0.25, 0.3) is 27.8 Å². The highest BCUT2D eigenvalue weighted by Crippen LogP contribution is 2.26. The van der Waals surface area contributed by atoms with E-state index in [9.17, 15) is 18.0 Å². The third-order valence-corrected chi connectivity index (χ3v) is 4.20. The number of carbonyl (C=O) groups is 1. The molecule has 0 fully saturated rings. The normalized spacial score (nSPS) is 11.6. The van der Waals surface area contributed by atoms with Crippen LogP contribution in [-0.2, 0) is 4.79 Å². The van der Waals surface area contributed by atoms with Gasteiger partial charge < -0.3 is 9.57 Å². The highest BCUT2D eigenvalue weighted by Gasteiger charge is 2.42. The molecule has 0 saturated carbocycles. The van der Waals surface area contributed by atoms with Gasteiger partial charge in [0, 0.05) is 29.5 Å². The number of carbonyl (C=O) groups excluding carboxylic acids is 1. The molecular weight excluding hydrogens is 389 g/mol. The maximum absolute atomic E-state index is 12.5. The van der Waals surface area contributed by atoms with Crippen LogP contribution in [0.3, 0.4) is 0 Å². The first-order valence-corrected chi connectivity index (χ1v) is 8.32. The molecule has 0 unspecified atom stereocenters. The summed E-state index contributed by atoms with van der Waals surface area (Å²) < 4.78 is 44.8. The number of halogens is 3. The first kappa shape index (κ1) is 18.5. The molecule has 0 aliphatic rings. The van der Waals surface area contributed by atoms with Crippen LogP contribution in [0.1, 0.15) is 0 Å². The molecule has 7 nitrogen and oxygen atoms in total. The second-order valence-electron chi connectivity index (χ2n) is 5.99. The second kappa shape index (κ2) is 6.97. The Bertz CT molecular complexity index is 1180. The summed E-state index contributed by atoms with van der Waals surface area (Å²) in [5, 5.41) is 4.79. The summed E-state index contributed by atoms with van der Waals surface area (Å²) >= 11 is 0. The standard InChI is InChI=1S/C19H13F3N4O3/c1-28-14-4-2-12(3-5-14)13-10-24-25(11-13)16-6-8-23-17-15(16)7-9-26(17)29-18(27)19(20,21)22/h2-11H,1H3. The predicted molar refractivity (Wildman–Crippen MR) is 96.5 cm³/mol. The minimum atomic E-state index is -5.11. The molecule has 0 amide bonds. The van der Waals surface area contributed by atoms with Gasteiger partial charge in [0.2, 0.25) is 0 Å². The third-order valence-electron chi connectivity index (χ3n) is 4.20. The topological polar surface area (TPSA) is 71.2 Å². The Morgan fingerprint density at radius 1 is 1.07 bits per heavy atom. The lowest BCUT2D eigenvalue weighted by Crippen LogP contribution is -2.33. The Balaban J connectivity index is 1.68. The number of nitrogens with zero attached hydrogens (tertiary/aromatic N) is 4. The number of fused-ring (bicyclic) bond motifs is 1. The van der Waals surface area contributed by atoms with Gasteiger partial charge in [-0.3, -0.25) is 0 Å². The van der Waals surface area contributed by atoms with Crippen molar-refractivity contribution in [1.29, 1.82) is 0 Å². The fourth-order valence-corrected chi connectivity index (χ4v) is 2.80. The van der Waals surface area contributed by atoms with Gasteiger partial charge in [-0.2, -0.15) is 23.0 Å². The minimum absolute atomic E-state index is 0.0570. The number of hydrogen-bond donors (Lipinski definition) is 0. The molecule has 4 rings (SSSR count). The molecule has 0 N–H and O–H groups in total. The van der Waals surface area contributed by atoms with Gasteiger partial charge in [0.15, 0.2) is 5.65 Å². The van der Waals surface area contributed by atoms with Crippen molar-refractivity contribution >= 4 is 17.0 Å². The van der Waals surface area contributed by atoms with E-state index in [4.69, 9.17) is 4.74 Å². The van der Waals surface area contributed by atoms with E-state index in [2.05, 4.69) is 14.9 Å². The molecule has 3 aromatic heterocycles. The van der Waals surface area contributed by atoms with Crippen molar-refractivity contribution < 1.29 is 27.5 Å². The summed E-state index contributed by atoms with van der Waals surface area (Å²) in [5.41, 5.74) is 2.37. The van der Waals surface area contributed by atoms with Crippen molar-refractivity contribution in [3.63, 3.8) is 0 Å². The number of rotatable bonds is 4. The summed E-state index contributed by atoms with van der Waals surface area (Å²) in [6.45, 7) is 0. The number of pyridine rings is 1. The van der Waals surface area contributed by atoms with Crippen LogP contribution in [0.15, 0.2) is 61.2 Å². The zero-order valence-corrected chi connectivity index (χ0v) is 14.9. The lowest BCUT2D eigenvalue weighted by molar-refractivity contribution is -0.199. The van der Waals surface area contributed by atoms with Crippen molar-refractivity contribution in [3.05, 3.63) is 61.2 Å². The van der Waals surface area contributed by atoms with E-state index in [0.717, 1.165) is 16.9 Å². The molecule has 0 spiro atoms. The Morgan fingerprint density at radius 2 is 1.83 bits per heavy atom. The summed E-state index contributed by atoms with van der Waals surface area (Å²) in [5.74, 6) is -1.60. The van der Waals surface area contributed by atoms with E-state index in [1.54, 1.807) is 30.3 Å². The lowest BCUT2D eigenvalue weighted by atomic mass is 10.1. The largest absolute Gasteiger partial charge is 0.497 e. The Hall–Kier alpha value is -3.82. The molecule has 29 heavy (non-hydrogen) atoms. The monoisotopic (exact) mass is 402 g/mol. The summed E-state index contributed by atoms with van der Waals surface area (Å²) in [4.78, 5) is 19.5. The molecule has 0 aliphatic carbocycles. The van der Waals surface area contributed by atoms with Gasteiger partial charge in [0.05, 0.1) is 19.0 Å². The van der Waals surface area contributed by atoms with Crippen LogP contribution in [-0.4, -0.2) is 38.8 Å². The summed E-state index contributed by atoms with van der Waals surface area (Å²) in [7, 11) is 1.58. The van der Waals surface area contributed by atoms with Gasteiger partial charge in [-0.05, 0) is 29.8 Å². The van der Waals surface area contributed by atoms with E-state index in [1.165, 1.54) is 18.5 Å². The van der Waals surface area contributed by atoms with Gasteiger partial charge in [-0.15, -0.1) is 0 Å². The molecule has 4 aromatic rings. The van der Waals surface area contributed by atoms with Crippen molar-refractivity contribution in [3.8, 4) is 22.6 Å². The summed E-state index contributed by atoms with van der Waals surface area (Å²) in [6, 6.07) is 10.6. The molecule has 0 radical (unpaired) electrons. The highest BCUT2D eigenvalue weighted by atomic mass is 19.4. The molecule has 0 bridgehead atoms. The number of benzene rings is 1. The first-order chi connectivity index (χ1) is 13.9. The Labute approximate surface area is 161 Å². The molecule has 3 heterocycles. The van der Waals surface area contributed by atoms with Crippen molar-refractivity contribution in [2.24, 2.45) is 0 Å². The number of aromatic nitrogens is 4. The smallest absolute Gasteiger partial charge is 0.493 e. The minimum Gasteiger partial charge on any atom is -0.497 e. The SMILES string of the molecule is COc1ccc(-c2cnn(-c3ccnc4c3ccn4OC(=O)C(F)(F)F)c2)cc1. The van der Waals surface area contributed by atoms with Crippen molar-refractivity contribution in [1.82, 2.24) is 19.5 Å². The van der Waals surface area contributed by atoms with Gasteiger partial charge in [0.1, 0.15) is 5.75 Å². The van der Waals surface area contributed by atoms with Crippen LogP contribution >= 0.6 is 0 Å². The number of methoxy groups -OCH3 is 1. The zero-order chi connectivity index (χ0) is 20.6. The second-order valence-corrected chi connectivity index (χ2v) is 5.99. The number of hydrogen-bond acceptors (Lipinski definition) is 5. The number of ether oxygens (including phenoxy) is 1. The quantitative estimate of drug-likeness (QED) is 0.523. The highest BCUT2D eigenvalue weighted by molar-refractivity contribution is 5.86. The average Bonchev–Trinajstić information content (AvgIpc) is 3.35. The lowest BCUT2D eigenvalue weighted by Gasteiger charge is -2.08. The molecule has 10 heteroatoms. The third kappa shape index (κ3) is 3.51. The van der Waals surface area contributed by atoms with Crippen LogP contribution in [0.4, 0.5) is 13.2 Å². The molecule has 1 aromatic carbocycles. The van der Waals surface area contributed by atoms with Crippen LogP contribution < -0.4 is 9.57 Å². The van der Waals surface area contributed by atoms with Crippen molar-refractivity contribution in [2.45, 2.75) is 6.18 Å². The van der Waals surface area contributed by atoms with Crippen molar-refractivity contribution in [2.75, 3.05) is 7.11 Å². The van der Waals surface area contributed by atoms with Gasteiger partial charge in [-0.25, -0.2) is 14.5 Å². The maximum atomic E-state index is 12.5. The molecule has 0 aliphatic heterocycles. The van der Waals surface area contributed by atoms with E-state index in [-0.39, 0.29) is 5.65 Å². The predicted octanol–water partition coefficient (Wildman–Crippen LogP) is 3.42. The van der Waals surface area contributed by atoms with Gasteiger partial charge in [-0.1, -0.05) is 12.1 Å². The first-order valence-electron chi connectivity index (χ1n) is 8.32. The van der Waals surface area contributed by atoms with E-state index < -0.39 is 12.1 Å². The van der Waals surface area contributed by atoms with Crippen LogP contribution in [0.2, 0.25) is 0 Å².